The lowest BCUT2D eigenvalue weighted by atomic mass is 9.99. The van der Waals surface area contributed by atoms with Gasteiger partial charge in [-0.2, -0.15) is 0 Å². The van der Waals surface area contributed by atoms with E-state index in [1.807, 2.05) is 22.6 Å². The molecule has 2 heterocycles. The van der Waals surface area contributed by atoms with Gasteiger partial charge < -0.3 is 14.2 Å². The third-order valence-electron chi connectivity index (χ3n) is 5.65. The lowest BCUT2D eigenvalue weighted by molar-refractivity contribution is -0.131. The second kappa shape index (κ2) is 7.09. The van der Waals surface area contributed by atoms with Gasteiger partial charge in [0.05, 0.1) is 0 Å². The van der Waals surface area contributed by atoms with Crippen LogP contribution in [0.1, 0.15) is 25.6 Å². The summed E-state index contributed by atoms with van der Waals surface area (Å²) in [6.45, 7) is 3.90. The van der Waals surface area contributed by atoms with Crippen LogP contribution < -0.4 is 4.74 Å². The summed E-state index contributed by atoms with van der Waals surface area (Å²) in [4.78, 5) is 18.9. The highest BCUT2D eigenvalue weighted by Gasteiger charge is 2.45. The second-order valence-corrected chi connectivity index (χ2v) is 7.24. The Morgan fingerprint density at radius 2 is 2.23 bits per heavy atom. The van der Waals surface area contributed by atoms with Crippen LogP contribution in [0.2, 0.25) is 0 Å². The van der Waals surface area contributed by atoms with E-state index in [0.717, 1.165) is 38.2 Å². The van der Waals surface area contributed by atoms with Crippen LogP contribution in [-0.4, -0.2) is 39.6 Å². The van der Waals surface area contributed by atoms with Gasteiger partial charge in [-0.3, -0.25) is 4.79 Å². The molecule has 5 nitrogen and oxygen atoms in total. The van der Waals surface area contributed by atoms with Crippen molar-refractivity contribution in [2.24, 2.45) is 11.8 Å². The van der Waals surface area contributed by atoms with E-state index in [9.17, 15) is 9.18 Å². The molecule has 2 aliphatic rings. The first-order valence-electron chi connectivity index (χ1n) is 9.34. The van der Waals surface area contributed by atoms with Crippen LogP contribution in [-0.2, 0) is 17.8 Å². The van der Waals surface area contributed by atoms with Gasteiger partial charge >= 0.3 is 0 Å². The first kappa shape index (κ1) is 17.1. The van der Waals surface area contributed by atoms with E-state index in [1.54, 1.807) is 18.3 Å². The Kier molecular flexibility index (Phi) is 4.66. The van der Waals surface area contributed by atoms with Crippen molar-refractivity contribution in [3.8, 4) is 5.75 Å². The highest BCUT2D eigenvalue weighted by Crippen LogP contribution is 2.40. The zero-order valence-electron chi connectivity index (χ0n) is 15.0. The van der Waals surface area contributed by atoms with Gasteiger partial charge in [0.1, 0.15) is 30.0 Å². The van der Waals surface area contributed by atoms with Crippen LogP contribution in [0.4, 0.5) is 4.39 Å². The van der Waals surface area contributed by atoms with Crippen LogP contribution in [0, 0.1) is 17.7 Å². The van der Waals surface area contributed by atoms with Gasteiger partial charge in [-0.05, 0) is 30.9 Å². The molecular weight excluding hydrogens is 333 g/mol. The Labute approximate surface area is 152 Å². The predicted octanol–water partition coefficient (Wildman–Crippen LogP) is 2.90. The molecule has 1 aromatic heterocycles. The Balaban J connectivity index is 1.38. The monoisotopic (exact) mass is 357 g/mol. The number of carbonyl (C=O) groups excluding carboxylic acids is 1. The topological polar surface area (TPSA) is 47.4 Å². The van der Waals surface area contributed by atoms with Gasteiger partial charge in [0.2, 0.25) is 5.91 Å². The Morgan fingerprint density at radius 1 is 1.35 bits per heavy atom. The number of amides is 1. The first-order chi connectivity index (χ1) is 12.6. The number of carbonyl (C=O) groups is 1. The maximum Gasteiger partial charge on any atom is 0.242 e. The molecule has 2 aromatic rings. The van der Waals surface area contributed by atoms with Gasteiger partial charge in [-0.15, -0.1) is 0 Å². The number of rotatable bonds is 5. The zero-order valence-corrected chi connectivity index (χ0v) is 15.0. The van der Waals surface area contributed by atoms with Crippen molar-refractivity contribution in [2.75, 3.05) is 13.1 Å². The number of likely N-dealkylation sites (tertiary alicyclic amines) is 1. The maximum atomic E-state index is 13.4. The average Bonchev–Trinajstić information content (AvgIpc) is 3.32. The average molecular weight is 357 g/mol. The van der Waals surface area contributed by atoms with E-state index in [2.05, 4.69) is 4.98 Å². The standard InChI is InChI=1S/C20H24FN3O2/c1-2-19-22-8-9-23(19)13-20(25)24-11-14-6-7-18(17(14)12-24)26-16-5-3-4-15(21)10-16/h3-5,8-10,14,17-18H,2,6-7,11-13H2,1H3/t14-,17+,18-/m0/s1. The molecule has 4 rings (SSSR count). The van der Waals surface area contributed by atoms with Crippen LogP contribution in [0.25, 0.3) is 0 Å². The summed E-state index contributed by atoms with van der Waals surface area (Å²) in [6, 6.07) is 6.30. The van der Waals surface area contributed by atoms with Gasteiger partial charge in [0.15, 0.2) is 0 Å². The van der Waals surface area contributed by atoms with E-state index in [-0.39, 0.29) is 17.8 Å². The molecule has 0 radical (unpaired) electrons. The summed E-state index contributed by atoms with van der Waals surface area (Å²) in [5.41, 5.74) is 0. The fourth-order valence-electron chi connectivity index (χ4n) is 4.32. The third-order valence-corrected chi connectivity index (χ3v) is 5.65. The van der Waals surface area contributed by atoms with Crippen LogP contribution in [0.3, 0.4) is 0 Å². The van der Waals surface area contributed by atoms with Gasteiger partial charge in [0.25, 0.3) is 0 Å². The molecule has 0 unspecified atom stereocenters. The Morgan fingerprint density at radius 3 is 3.04 bits per heavy atom. The molecule has 1 aliphatic carbocycles. The lowest BCUT2D eigenvalue weighted by Crippen LogP contribution is -2.34. The maximum absolute atomic E-state index is 13.4. The van der Waals surface area contributed by atoms with Crippen LogP contribution in [0.15, 0.2) is 36.7 Å². The lowest BCUT2D eigenvalue weighted by Gasteiger charge is -2.22. The van der Waals surface area contributed by atoms with Gasteiger partial charge in [0, 0.05) is 43.9 Å². The van der Waals surface area contributed by atoms with Crippen LogP contribution in [0.5, 0.6) is 5.75 Å². The van der Waals surface area contributed by atoms with Crippen molar-refractivity contribution in [3.05, 3.63) is 48.3 Å². The number of aromatic nitrogens is 2. The fourth-order valence-corrected chi connectivity index (χ4v) is 4.32. The molecule has 3 atom stereocenters. The van der Waals surface area contributed by atoms with Crippen LogP contribution >= 0.6 is 0 Å². The quantitative estimate of drug-likeness (QED) is 0.827. The SMILES string of the molecule is CCc1nccn1CC(=O)N1C[C@@H]2CC[C@H](Oc3cccc(F)c3)[C@@H]2C1. The van der Waals surface area contributed by atoms with Crippen molar-refractivity contribution in [1.29, 1.82) is 0 Å². The van der Waals surface area contributed by atoms with Crippen molar-refractivity contribution in [3.63, 3.8) is 0 Å². The van der Waals surface area contributed by atoms with E-state index in [0.29, 0.717) is 24.1 Å². The number of hydrogen-bond acceptors (Lipinski definition) is 3. The molecule has 0 bridgehead atoms. The van der Waals surface area contributed by atoms with Crippen molar-refractivity contribution in [1.82, 2.24) is 14.5 Å². The van der Waals surface area contributed by atoms with E-state index in [4.69, 9.17) is 4.74 Å². The van der Waals surface area contributed by atoms with Crippen molar-refractivity contribution >= 4 is 5.91 Å². The second-order valence-electron chi connectivity index (χ2n) is 7.24. The minimum atomic E-state index is -0.285. The molecule has 1 saturated heterocycles. The molecule has 1 saturated carbocycles. The number of hydrogen-bond donors (Lipinski definition) is 0. The minimum absolute atomic E-state index is 0.0547. The highest BCUT2D eigenvalue weighted by molar-refractivity contribution is 5.76. The summed E-state index contributed by atoms with van der Waals surface area (Å²) < 4.78 is 21.4. The van der Waals surface area contributed by atoms with E-state index in [1.165, 1.54) is 12.1 Å². The molecule has 26 heavy (non-hydrogen) atoms. The number of nitrogens with zero attached hydrogens (tertiary/aromatic N) is 3. The molecule has 0 N–H and O–H groups in total. The largest absolute Gasteiger partial charge is 0.490 e. The highest BCUT2D eigenvalue weighted by atomic mass is 19.1. The van der Waals surface area contributed by atoms with E-state index >= 15 is 0 Å². The van der Waals surface area contributed by atoms with Crippen molar-refractivity contribution in [2.45, 2.75) is 38.8 Å². The minimum Gasteiger partial charge on any atom is -0.490 e. The molecule has 1 aliphatic heterocycles. The first-order valence-corrected chi connectivity index (χ1v) is 9.34. The molecule has 1 amide bonds. The smallest absolute Gasteiger partial charge is 0.242 e. The number of benzene rings is 1. The van der Waals surface area contributed by atoms with Gasteiger partial charge in [-0.25, -0.2) is 9.37 Å². The number of fused-ring (bicyclic) bond motifs is 1. The number of ether oxygens (including phenoxy) is 1. The predicted molar refractivity (Wildman–Crippen MR) is 95.2 cm³/mol. The number of imidazole rings is 1. The molecular formula is C20H24FN3O2. The van der Waals surface area contributed by atoms with Crippen molar-refractivity contribution < 1.29 is 13.9 Å². The van der Waals surface area contributed by atoms with Gasteiger partial charge in [-0.1, -0.05) is 13.0 Å². The molecule has 1 aromatic carbocycles. The Hall–Kier alpha value is -2.37. The third kappa shape index (κ3) is 3.32. The normalized spacial score (nSPS) is 24.7. The Bertz CT molecular complexity index is 791. The molecule has 0 spiro atoms. The summed E-state index contributed by atoms with van der Waals surface area (Å²) in [5.74, 6) is 2.17. The summed E-state index contributed by atoms with van der Waals surface area (Å²) in [7, 11) is 0. The van der Waals surface area contributed by atoms with E-state index < -0.39 is 0 Å². The fraction of sp³-hybridized carbons (Fsp3) is 0.500. The summed E-state index contributed by atoms with van der Waals surface area (Å²) in [6.07, 6.45) is 6.50. The molecule has 2 fully saturated rings. The molecule has 138 valence electrons. The number of halogens is 1. The number of aryl methyl sites for hydroxylation is 1. The summed E-state index contributed by atoms with van der Waals surface area (Å²) >= 11 is 0. The zero-order chi connectivity index (χ0) is 18.1. The summed E-state index contributed by atoms with van der Waals surface area (Å²) in [5, 5.41) is 0. The molecule has 6 heteroatoms.